The molecule has 0 spiro atoms. The molecule has 0 fully saturated rings. The van der Waals surface area contributed by atoms with Crippen LogP contribution in [0.4, 0.5) is 5.69 Å². The summed E-state index contributed by atoms with van der Waals surface area (Å²) in [7, 11) is 0. The van der Waals surface area contributed by atoms with Crippen LogP contribution in [0, 0.1) is 6.92 Å². The second-order valence-electron chi connectivity index (χ2n) is 5.36. The number of aryl methyl sites for hydroxylation is 1. The highest BCUT2D eigenvalue weighted by atomic mass is 35.5. The molecule has 0 aliphatic heterocycles. The molecule has 5 nitrogen and oxygen atoms in total. The molecule has 2 aromatic carbocycles. The van der Waals surface area contributed by atoms with Gasteiger partial charge in [-0.05, 0) is 55.3 Å². The van der Waals surface area contributed by atoms with Crippen LogP contribution in [-0.4, -0.2) is 17.9 Å². The van der Waals surface area contributed by atoms with Crippen LogP contribution in [0.15, 0.2) is 42.5 Å². The lowest BCUT2D eigenvalue weighted by atomic mass is 10.2. The minimum absolute atomic E-state index is 0.299. The van der Waals surface area contributed by atoms with Gasteiger partial charge in [0.15, 0.2) is 6.10 Å². The summed E-state index contributed by atoms with van der Waals surface area (Å²) in [4.78, 5) is 23.6. The SMILES string of the molecule is CCC(Oc1ccc(Cl)c(C)c1)C(=O)Nc1cccc(C(N)=O)c1. The molecule has 0 aliphatic carbocycles. The van der Waals surface area contributed by atoms with Crippen LogP contribution in [0.25, 0.3) is 0 Å². The Labute approximate surface area is 145 Å². The van der Waals surface area contributed by atoms with Crippen molar-refractivity contribution < 1.29 is 14.3 Å². The van der Waals surface area contributed by atoms with E-state index in [9.17, 15) is 9.59 Å². The van der Waals surface area contributed by atoms with Gasteiger partial charge in [-0.2, -0.15) is 0 Å². The normalized spacial score (nSPS) is 11.6. The number of halogens is 1. The van der Waals surface area contributed by atoms with Crippen LogP contribution in [0.3, 0.4) is 0 Å². The molecule has 0 heterocycles. The molecule has 2 amide bonds. The molecule has 0 radical (unpaired) electrons. The van der Waals surface area contributed by atoms with Crippen molar-refractivity contribution in [3.63, 3.8) is 0 Å². The monoisotopic (exact) mass is 346 g/mol. The molecular formula is C18H19ClN2O3. The summed E-state index contributed by atoms with van der Waals surface area (Å²) in [5, 5.41) is 3.38. The highest BCUT2D eigenvalue weighted by Gasteiger charge is 2.19. The zero-order valence-corrected chi connectivity index (χ0v) is 14.3. The standard InChI is InChI=1S/C18H19ClN2O3/c1-3-16(24-14-7-8-15(19)11(2)9-14)18(23)21-13-6-4-5-12(10-13)17(20)22/h4-10,16H,3H2,1-2H3,(H2,20,22)(H,21,23). The van der Waals surface area contributed by atoms with E-state index in [4.69, 9.17) is 22.1 Å². The summed E-state index contributed by atoms with van der Waals surface area (Å²) in [6, 6.07) is 11.7. The van der Waals surface area contributed by atoms with Crippen LogP contribution in [-0.2, 0) is 4.79 Å². The number of carbonyl (C=O) groups is 2. The fourth-order valence-electron chi connectivity index (χ4n) is 2.15. The van der Waals surface area contributed by atoms with E-state index in [-0.39, 0.29) is 5.91 Å². The van der Waals surface area contributed by atoms with Gasteiger partial charge >= 0.3 is 0 Å². The van der Waals surface area contributed by atoms with Crippen LogP contribution in [0.5, 0.6) is 5.75 Å². The Bertz CT molecular complexity index is 762. The lowest BCUT2D eigenvalue weighted by Gasteiger charge is -2.18. The van der Waals surface area contributed by atoms with E-state index in [1.807, 2.05) is 13.8 Å². The number of amides is 2. The van der Waals surface area contributed by atoms with Crippen molar-refractivity contribution in [1.82, 2.24) is 0 Å². The van der Waals surface area contributed by atoms with Gasteiger partial charge in [0.2, 0.25) is 5.91 Å². The van der Waals surface area contributed by atoms with Gasteiger partial charge in [-0.15, -0.1) is 0 Å². The van der Waals surface area contributed by atoms with Crippen molar-refractivity contribution in [3.05, 3.63) is 58.6 Å². The summed E-state index contributed by atoms with van der Waals surface area (Å²) in [5.41, 5.74) is 6.93. The van der Waals surface area contributed by atoms with Gasteiger partial charge < -0.3 is 15.8 Å². The van der Waals surface area contributed by atoms with Crippen LogP contribution in [0.2, 0.25) is 5.02 Å². The van der Waals surface area contributed by atoms with Crippen molar-refractivity contribution in [2.24, 2.45) is 5.73 Å². The van der Waals surface area contributed by atoms with Crippen LogP contribution >= 0.6 is 11.6 Å². The Hall–Kier alpha value is -2.53. The first-order valence-electron chi connectivity index (χ1n) is 7.54. The number of hydrogen-bond donors (Lipinski definition) is 2. The molecule has 126 valence electrons. The predicted molar refractivity (Wildman–Crippen MR) is 94.5 cm³/mol. The predicted octanol–water partition coefficient (Wildman–Crippen LogP) is 3.54. The molecule has 0 bridgehead atoms. The topological polar surface area (TPSA) is 81.4 Å². The Morgan fingerprint density at radius 3 is 2.62 bits per heavy atom. The number of nitrogens with two attached hydrogens (primary N) is 1. The van der Waals surface area contributed by atoms with Crippen molar-refractivity contribution in [3.8, 4) is 5.75 Å². The van der Waals surface area contributed by atoms with E-state index in [1.165, 1.54) is 6.07 Å². The molecule has 1 unspecified atom stereocenters. The van der Waals surface area contributed by atoms with E-state index in [1.54, 1.807) is 36.4 Å². The molecule has 0 saturated heterocycles. The van der Waals surface area contributed by atoms with Crippen molar-refractivity contribution in [2.75, 3.05) is 5.32 Å². The van der Waals surface area contributed by atoms with E-state index in [2.05, 4.69) is 5.32 Å². The fourth-order valence-corrected chi connectivity index (χ4v) is 2.27. The average molecular weight is 347 g/mol. The maximum absolute atomic E-state index is 12.4. The Balaban J connectivity index is 2.09. The van der Waals surface area contributed by atoms with E-state index in [0.717, 1.165) is 5.56 Å². The van der Waals surface area contributed by atoms with Gasteiger partial charge in [-0.1, -0.05) is 24.6 Å². The first kappa shape index (κ1) is 17.8. The molecule has 6 heteroatoms. The van der Waals surface area contributed by atoms with Gasteiger partial charge in [0.25, 0.3) is 5.91 Å². The third kappa shape index (κ3) is 4.49. The summed E-state index contributed by atoms with van der Waals surface area (Å²) < 4.78 is 5.75. The third-order valence-electron chi connectivity index (χ3n) is 3.49. The number of rotatable bonds is 6. The smallest absolute Gasteiger partial charge is 0.265 e. The lowest BCUT2D eigenvalue weighted by Crippen LogP contribution is -2.32. The molecule has 3 N–H and O–H groups in total. The van der Waals surface area contributed by atoms with Crippen molar-refractivity contribution in [2.45, 2.75) is 26.4 Å². The molecule has 1 atom stereocenters. The number of carbonyl (C=O) groups excluding carboxylic acids is 2. The third-order valence-corrected chi connectivity index (χ3v) is 3.91. The maximum Gasteiger partial charge on any atom is 0.265 e. The van der Waals surface area contributed by atoms with Crippen LogP contribution in [0.1, 0.15) is 29.3 Å². The maximum atomic E-state index is 12.4. The van der Waals surface area contributed by atoms with Gasteiger partial charge in [0.1, 0.15) is 5.75 Å². The lowest BCUT2D eigenvalue weighted by molar-refractivity contribution is -0.122. The molecule has 0 aliphatic rings. The molecule has 0 aromatic heterocycles. The summed E-state index contributed by atoms with van der Waals surface area (Å²) in [6.07, 6.45) is -0.175. The Morgan fingerprint density at radius 2 is 2.00 bits per heavy atom. The fraction of sp³-hybridized carbons (Fsp3) is 0.222. The molecule has 2 aromatic rings. The number of ether oxygens (including phenoxy) is 1. The first-order valence-corrected chi connectivity index (χ1v) is 7.92. The zero-order valence-electron chi connectivity index (χ0n) is 13.5. The highest BCUT2D eigenvalue weighted by Crippen LogP contribution is 2.23. The van der Waals surface area contributed by atoms with Gasteiger partial charge in [-0.3, -0.25) is 9.59 Å². The van der Waals surface area contributed by atoms with E-state index < -0.39 is 12.0 Å². The van der Waals surface area contributed by atoms with Crippen LogP contribution < -0.4 is 15.8 Å². The molecule has 2 rings (SSSR count). The quantitative estimate of drug-likeness (QED) is 0.839. The number of anilines is 1. The zero-order chi connectivity index (χ0) is 17.7. The average Bonchev–Trinajstić information content (AvgIpc) is 2.55. The number of hydrogen-bond acceptors (Lipinski definition) is 3. The summed E-state index contributed by atoms with van der Waals surface area (Å²) in [5.74, 6) is -0.275. The van der Waals surface area contributed by atoms with E-state index in [0.29, 0.717) is 28.4 Å². The second-order valence-corrected chi connectivity index (χ2v) is 5.77. The summed E-state index contributed by atoms with van der Waals surface area (Å²) in [6.45, 7) is 3.72. The van der Waals surface area contributed by atoms with Gasteiger partial charge in [-0.25, -0.2) is 0 Å². The Kier molecular flexibility index (Phi) is 5.82. The largest absolute Gasteiger partial charge is 0.481 e. The molecule has 24 heavy (non-hydrogen) atoms. The minimum Gasteiger partial charge on any atom is -0.481 e. The minimum atomic E-state index is -0.664. The number of benzene rings is 2. The number of primary amides is 1. The summed E-state index contributed by atoms with van der Waals surface area (Å²) >= 11 is 5.99. The van der Waals surface area contributed by atoms with Gasteiger partial charge in [0, 0.05) is 16.3 Å². The first-order chi connectivity index (χ1) is 11.4. The number of nitrogens with one attached hydrogen (secondary N) is 1. The Morgan fingerprint density at radius 1 is 1.25 bits per heavy atom. The van der Waals surface area contributed by atoms with E-state index >= 15 is 0 Å². The van der Waals surface area contributed by atoms with Crippen molar-refractivity contribution in [1.29, 1.82) is 0 Å². The highest BCUT2D eigenvalue weighted by molar-refractivity contribution is 6.31. The van der Waals surface area contributed by atoms with Gasteiger partial charge in [0.05, 0.1) is 0 Å². The molecular weight excluding hydrogens is 328 g/mol. The molecule has 0 saturated carbocycles. The van der Waals surface area contributed by atoms with Crippen molar-refractivity contribution >= 4 is 29.1 Å². The second kappa shape index (κ2) is 7.84.